The molecule has 0 saturated heterocycles. The average molecular weight is 310 g/mol. The molecule has 2 aromatic carbocycles. The molecule has 0 heteroatoms. The fraction of sp³-hybridized carbons (Fsp3) is 0.167. The van der Waals surface area contributed by atoms with E-state index in [0.29, 0.717) is 0 Å². The van der Waals surface area contributed by atoms with Gasteiger partial charge in [-0.1, -0.05) is 60.1 Å². The Kier molecular flexibility index (Phi) is 6.24. The van der Waals surface area contributed by atoms with Gasteiger partial charge in [-0.05, 0) is 63.1 Å². The molecule has 0 N–H and O–H groups in total. The Morgan fingerprint density at radius 3 is 1.21 bits per heavy atom. The van der Waals surface area contributed by atoms with Crippen molar-refractivity contribution in [3.8, 4) is 23.7 Å². The highest BCUT2D eigenvalue weighted by Gasteiger charge is 2.00. The average Bonchev–Trinajstić information content (AvgIpc) is 2.64. The molecule has 2 rings (SSSR count). The standard InChI is InChI=1S/C24H22/c1-19(15-17-23-11-7-5-8-12-23)21(3)22(4)20(2)16-18-24-13-9-6-10-14-24/h5-14H,1-4H3/b21-19+,22-20+. The van der Waals surface area contributed by atoms with Crippen molar-refractivity contribution in [1.29, 1.82) is 0 Å². The van der Waals surface area contributed by atoms with E-state index in [-0.39, 0.29) is 0 Å². The summed E-state index contributed by atoms with van der Waals surface area (Å²) in [6, 6.07) is 20.1. The molecule has 0 radical (unpaired) electrons. The topological polar surface area (TPSA) is 0 Å². The molecule has 0 saturated carbocycles. The zero-order valence-corrected chi connectivity index (χ0v) is 14.8. The van der Waals surface area contributed by atoms with E-state index in [4.69, 9.17) is 0 Å². The first kappa shape index (κ1) is 17.4. The van der Waals surface area contributed by atoms with E-state index in [2.05, 4.69) is 51.4 Å². The van der Waals surface area contributed by atoms with E-state index < -0.39 is 0 Å². The summed E-state index contributed by atoms with van der Waals surface area (Å²) >= 11 is 0. The van der Waals surface area contributed by atoms with Crippen molar-refractivity contribution in [3.05, 3.63) is 94.1 Å². The number of hydrogen-bond acceptors (Lipinski definition) is 0. The zero-order chi connectivity index (χ0) is 17.4. The third-order valence-electron chi connectivity index (χ3n) is 4.02. The van der Waals surface area contributed by atoms with Crippen molar-refractivity contribution in [2.75, 3.05) is 0 Å². The second kappa shape index (κ2) is 8.61. The smallest absolute Gasteiger partial charge is 0.0248 e. The molecule has 0 amide bonds. The minimum Gasteiger partial charge on any atom is -0.0661 e. The fourth-order valence-electron chi connectivity index (χ4n) is 2.12. The molecule has 0 aromatic heterocycles. The van der Waals surface area contributed by atoms with Crippen molar-refractivity contribution >= 4 is 0 Å². The van der Waals surface area contributed by atoms with Gasteiger partial charge in [0.1, 0.15) is 0 Å². The number of rotatable bonds is 1. The maximum atomic E-state index is 3.26. The number of benzene rings is 2. The molecule has 0 aliphatic carbocycles. The molecule has 0 nitrogen and oxygen atoms in total. The Hall–Kier alpha value is -2.96. The van der Waals surface area contributed by atoms with Crippen LogP contribution in [-0.4, -0.2) is 0 Å². The van der Waals surface area contributed by atoms with Gasteiger partial charge in [-0.2, -0.15) is 0 Å². The Bertz CT molecular complexity index is 794. The van der Waals surface area contributed by atoms with E-state index in [0.717, 1.165) is 22.3 Å². The quantitative estimate of drug-likeness (QED) is 0.464. The van der Waals surface area contributed by atoms with Crippen LogP contribution in [-0.2, 0) is 0 Å². The summed E-state index contributed by atoms with van der Waals surface area (Å²) < 4.78 is 0. The summed E-state index contributed by atoms with van der Waals surface area (Å²) in [4.78, 5) is 0. The lowest BCUT2D eigenvalue weighted by Crippen LogP contribution is -1.89. The lowest BCUT2D eigenvalue weighted by atomic mass is 9.99. The maximum Gasteiger partial charge on any atom is 0.0248 e. The Morgan fingerprint density at radius 2 is 0.875 bits per heavy atom. The second-order valence-corrected chi connectivity index (χ2v) is 5.73. The number of hydrogen-bond donors (Lipinski definition) is 0. The first-order valence-electron chi connectivity index (χ1n) is 8.07. The third kappa shape index (κ3) is 5.05. The molecule has 0 fully saturated rings. The summed E-state index contributed by atoms with van der Waals surface area (Å²) in [5.41, 5.74) is 6.62. The molecular formula is C24H22. The molecule has 0 aliphatic rings. The van der Waals surface area contributed by atoms with Crippen molar-refractivity contribution in [3.63, 3.8) is 0 Å². The second-order valence-electron chi connectivity index (χ2n) is 5.73. The van der Waals surface area contributed by atoms with E-state index in [1.807, 2.05) is 60.7 Å². The SMILES string of the molecule is C/C(C#Cc1ccccc1)=C(C)\C(C)=C(/C)C#Cc1ccccc1. The lowest BCUT2D eigenvalue weighted by Gasteiger charge is -2.05. The lowest BCUT2D eigenvalue weighted by molar-refractivity contribution is 1.25. The van der Waals surface area contributed by atoms with Gasteiger partial charge in [0, 0.05) is 22.3 Å². The van der Waals surface area contributed by atoms with Gasteiger partial charge in [0.2, 0.25) is 0 Å². The van der Waals surface area contributed by atoms with Gasteiger partial charge < -0.3 is 0 Å². The van der Waals surface area contributed by atoms with Crippen molar-refractivity contribution < 1.29 is 0 Å². The molecule has 0 bridgehead atoms. The predicted octanol–water partition coefficient (Wildman–Crippen LogP) is 5.76. The van der Waals surface area contributed by atoms with Gasteiger partial charge in [-0.3, -0.25) is 0 Å². The summed E-state index contributed by atoms with van der Waals surface area (Å²) in [6.07, 6.45) is 0. The van der Waals surface area contributed by atoms with Gasteiger partial charge >= 0.3 is 0 Å². The molecule has 2 aromatic rings. The van der Waals surface area contributed by atoms with Gasteiger partial charge in [-0.15, -0.1) is 0 Å². The van der Waals surface area contributed by atoms with Gasteiger partial charge in [0.15, 0.2) is 0 Å². The van der Waals surface area contributed by atoms with Crippen molar-refractivity contribution in [2.45, 2.75) is 27.7 Å². The molecule has 0 unspecified atom stereocenters. The van der Waals surface area contributed by atoms with Crippen LogP contribution in [0.15, 0.2) is 83.0 Å². The first-order chi connectivity index (χ1) is 11.6. The van der Waals surface area contributed by atoms with Crippen LogP contribution in [0.25, 0.3) is 0 Å². The van der Waals surface area contributed by atoms with Crippen LogP contribution in [0.3, 0.4) is 0 Å². The monoisotopic (exact) mass is 310 g/mol. The highest BCUT2D eigenvalue weighted by molar-refractivity contribution is 5.50. The molecule has 0 spiro atoms. The van der Waals surface area contributed by atoms with Gasteiger partial charge in [0.05, 0.1) is 0 Å². The van der Waals surface area contributed by atoms with Crippen molar-refractivity contribution in [1.82, 2.24) is 0 Å². The van der Waals surface area contributed by atoms with E-state index in [1.54, 1.807) is 0 Å². The van der Waals surface area contributed by atoms with E-state index >= 15 is 0 Å². The molecule has 0 aliphatic heterocycles. The normalized spacial score (nSPS) is 12.0. The van der Waals surface area contributed by atoms with Crippen LogP contribution in [0, 0.1) is 23.7 Å². The van der Waals surface area contributed by atoms with Gasteiger partial charge in [-0.25, -0.2) is 0 Å². The number of allylic oxidation sites excluding steroid dienone is 4. The van der Waals surface area contributed by atoms with Crippen LogP contribution in [0.2, 0.25) is 0 Å². The maximum absolute atomic E-state index is 3.26. The molecule has 0 atom stereocenters. The molecule has 118 valence electrons. The Balaban J connectivity index is 2.25. The highest BCUT2D eigenvalue weighted by Crippen LogP contribution is 2.17. The largest absolute Gasteiger partial charge is 0.0661 e. The van der Waals surface area contributed by atoms with Crippen molar-refractivity contribution in [2.24, 2.45) is 0 Å². The van der Waals surface area contributed by atoms with E-state index in [1.165, 1.54) is 11.1 Å². The fourth-order valence-corrected chi connectivity index (χ4v) is 2.12. The van der Waals surface area contributed by atoms with Gasteiger partial charge in [0.25, 0.3) is 0 Å². The summed E-state index contributed by atoms with van der Waals surface area (Å²) in [7, 11) is 0. The zero-order valence-electron chi connectivity index (χ0n) is 14.8. The first-order valence-corrected chi connectivity index (χ1v) is 8.07. The van der Waals surface area contributed by atoms with E-state index in [9.17, 15) is 0 Å². The summed E-state index contributed by atoms with van der Waals surface area (Å²) in [5.74, 6) is 12.9. The molecular weight excluding hydrogens is 288 g/mol. The van der Waals surface area contributed by atoms with Crippen LogP contribution in [0.5, 0.6) is 0 Å². The van der Waals surface area contributed by atoms with Crippen LogP contribution in [0.1, 0.15) is 38.8 Å². The summed E-state index contributed by atoms with van der Waals surface area (Å²) in [6.45, 7) is 8.34. The van der Waals surface area contributed by atoms with Crippen LogP contribution < -0.4 is 0 Å². The molecule has 24 heavy (non-hydrogen) atoms. The Morgan fingerprint density at radius 1 is 0.542 bits per heavy atom. The van der Waals surface area contributed by atoms with Crippen LogP contribution in [0.4, 0.5) is 0 Å². The summed E-state index contributed by atoms with van der Waals surface area (Å²) in [5, 5.41) is 0. The third-order valence-corrected chi connectivity index (χ3v) is 4.02. The minimum atomic E-state index is 1.03. The molecule has 0 heterocycles. The van der Waals surface area contributed by atoms with Crippen LogP contribution >= 0.6 is 0 Å². The highest BCUT2D eigenvalue weighted by atomic mass is 14.0. The minimum absolute atomic E-state index is 1.03. The predicted molar refractivity (Wildman–Crippen MR) is 103 cm³/mol. The Labute approximate surface area is 145 Å².